The maximum Gasteiger partial charge on any atom is 0.222 e. The number of rotatable bonds is 5. The fourth-order valence-electron chi connectivity index (χ4n) is 2.01. The van der Waals surface area contributed by atoms with Gasteiger partial charge in [0.15, 0.2) is 0 Å². The summed E-state index contributed by atoms with van der Waals surface area (Å²) in [7, 11) is 0. The summed E-state index contributed by atoms with van der Waals surface area (Å²) in [5, 5.41) is 0. The van der Waals surface area contributed by atoms with Crippen molar-refractivity contribution in [2.75, 3.05) is 19.0 Å². The Morgan fingerprint density at radius 1 is 1.56 bits per heavy atom. The number of carbonyl (C=O) groups excluding carboxylic acids is 1. The zero-order valence-corrected chi connectivity index (χ0v) is 11.0. The number of halogens is 1. The first-order valence-corrected chi connectivity index (χ1v) is 6.74. The van der Waals surface area contributed by atoms with Gasteiger partial charge >= 0.3 is 0 Å². The highest BCUT2D eigenvalue weighted by molar-refractivity contribution is 6.17. The summed E-state index contributed by atoms with van der Waals surface area (Å²) in [4.78, 5) is 17.8. The van der Waals surface area contributed by atoms with Crippen molar-refractivity contribution in [2.45, 2.75) is 25.4 Å². The molecule has 1 aliphatic heterocycles. The van der Waals surface area contributed by atoms with Crippen LogP contribution in [0.2, 0.25) is 0 Å². The minimum atomic E-state index is 0.0554. The minimum Gasteiger partial charge on any atom is -0.472 e. The third-order valence-electron chi connectivity index (χ3n) is 2.95. The molecule has 0 radical (unpaired) electrons. The van der Waals surface area contributed by atoms with E-state index >= 15 is 0 Å². The smallest absolute Gasteiger partial charge is 0.222 e. The van der Waals surface area contributed by atoms with Gasteiger partial charge in [-0.25, -0.2) is 4.98 Å². The van der Waals surface area contributed by atoms with E-state index in [0.717, 1.165) is 19.4 Å². The van der Waals surface area contributed by atoms with E-state index < -0.39 is 0 Å². The molecule has 0 N–H and O–H groups in total. The Hall–Kier alpha value is -1.29. The molecule has 4 nitrogen and oxygen atoms in total. The van der Waals surface area contributed by atoms with Crippen LogP contribution in [0.1, 0.15) is 19.3 Å². The highest BCUT2D eigenvalue weighted by Crippen LogP contribution is 2.17. The predicted molar refractivity (Wildman–Crippen MR) is 69.8 cm³/mol. The second-order valence-corrected chi connectivity index (χ2v) is 4.71. The molecule has 0 saturated carbocycles. The van der Waals surface area contributed by atoms with E-state index in [1.165, 1.54) is 0 Å². The molecule has 0 bridgehead atoms. The molecule has 18 heavy (non-hydrogen) atoms. The molecule has 0 spiro atoms. The Kier molecular flexibility index (Phi) is 4.81. The largest absolute Gasteiger partial charge is 0.472 e. The number of ether oxygens (including phenoxy) is 1. The zero-order chi connectivity index (χ0) is 12.8. The van der Waals surface area contributed by atoms with Crippen molar-refractivity contribution in [3.63, 3.8) is 0 Å². The Bertz CT molecular complexity index is 386. The summed E-state index contributed by atoms with van der Waals surface area (Å²) in [6, 6.07) is 5.57. The number of carbonyl (C=O) groups is 1. The number of amides is 1. The van der Waals surface area contributed by atoms with E-state index in [0.29, 0.717) is 24.7 Å². The number of aromatic nitrogens is 1. The van der Waals surface area contributed by atoms with E-state index in [9.17, 15) is 4.79 Å². The van der Waals surface area contributed by atoms with Crippen molar-refractivity contribution in [3.8, 4) is 5.88 Å². The molecule has 1 atom stereocenters. The third-order valence-corrected chi connectivity index (χ3v) is 3.21. The van der Waals surface area contributed by atoms with Crippen molar-refractivity contribution >= 4 is 17.5 Å². The molecule has 5 heteroatoms. The molecular weight excluding hydrogens is 252 g/mol. The molecule has 2 rings (SSSR count). The molecule has 1 aromatic heterocycles. The standard InChI is InChI=1S/C13H17ClN2O2/c14-7-3-5-13(17)16-9-6-11(10-16)18-12-4-1-2-8-15-12/h1-2,4,8,11H,3,5-7,9-10H2. The highest BCUT2D eigenvalue weighted by atomic mass is 35.5. The van der Waals surface area contributed by atoms with Crippen molar-refractivity contribution < 1.29 is 9.53 Å². The Balaban J connectivity index is 1.80. The van der Waals surface area contributed by atoms with Gasteiger partial charge in [0.1, 0.15) is 6.10 Å². The molecule has 1 aromatic rings. The Morgan fingerprint density at radius 3 is 3.17 bits per heavy atom. The number of hydrogen-bond acceptors (Lipinski definition) is 3. The van der Waals surface area contributed by atoms with Crippen LogP contribution >= 0.6 is 11.6 Å². The van der Waals surface area contributed by atoms with Gasteiger partial charge in [-0.15, -0.1) is 11.6 Å². The lowest BCUT2D eigenvalue weighted by molar-refractivity contribution is -0.130. The Labute approximate surface area is 112 Å². The van der Waals surface area contributed by atoms with Gasteiger partial charge in [0.05, 0.1) is 6.54 Å². The van der Waals surface area contributed by atoms with Crippen LogP contribution in [0.4, 0.5) is 0 Å². The summed E-state index contributed by atoms with van der Waals surface area (Å²) in [5.74, 6) is 1.33. The SMILES string of the molecule is O=C(CCCCl)N1CCC(Oc2ccccn2)C1. The maximum absolute atomic E-state index is 11.8. The Morgan fingerprint density at radius 2 is 2.44 bits per heavy atom. The number of nitrogens with zero attached hydrogens (tertiary/aromatic N) is 2. The minimum absolute atomic E-state index is 0.0554. The number of alkyl halides is 1. The van der Waals surface area contributed by atoms with Gasteiger partial charge in [0.2, 0.25) is 11.8 Å². The molecule has 2 heterocycles. The molecule has 1 amide bonds. The average molecular weight is 269 g/mol. The van der Waals surface area contributed by atoms with Crippen molar-refractivity contribution in [3.05, 3.63) is 24.4 Å². The molecule has 0 aromatic carbocycles. The van der Waals surface area contributed by atoms with Crippen LogP contribution in [0.25, 0.3) is 0 Å². The van der Waals surface area contributed by atoms with Crippen LogP contribution in [0.15, 0.2) is 24.4 Å². The monoisotopic (exact) mass is 268 g/mol. The molecule has 0 aliphatic carbocycles. The highest BCUT2D eigenvalue weighted by Gasteiger charge is 2.27. The number of likely N-dealkylation sites (tertiary alicyclic amines) is 1. The van der Waals surface area contributed by atoms with Gasteiger partial charge in [-0.3, -0.25) is 4.79 Å². The summed E-state index contributed by atoms with van der Waals surface area (Å²) in [6.07, 6.45) is 3.89. The second-order valence-electron chi connectivity index (χ2n) is 4.33. The normalized spacial score (nSPS) is 18.9. The lowest BCUT2D eigenvalue weighted by Gasteiger charge is -2.16. The molecular formula is C13H17ClN2O2. The van der Waals surface area contributed by atoms with Gasteiger partial charge in [0.25, 0.3) is 0 Å². The van der Waals surface area contributed by atoms with Crippen LogP contribution < -0.4 is 4.74 Å². The van der Waals surface area contributed by atoms with Crippen molar-refractivity contribution in [2.24, 2.45) is 0 Å². The van der Waals surface area contributed by atoms with Crippen LogP contribution in [-0.4, -0.2) is 40.9 Å². The fourth-order valence-corrected chi connectivity index (χ4v) is 2.15. The third kappa shape index (κ3) is 3.60. The predicted octanol–water partition coefficient (Wildman–Crippen LogP) is 2.08. The van der Waals surface area contributed by atoms with Crippen LogP contribution in [-0.2, 0) is 4.79 Å². The quantitative estimate of drug-likeness (QED) is 0.768. The zero-order valence-electron chi connectivity index (χ0n) is 10.2. The van der Waals surface area contributed by atoms with E-state index in [4.69, 9.17) is 16.3 Å². The molecule has 1 aliphatic rings. The first-order valence-electron chi connectivity index (χ1n) is 6.21. The molecule has 1 saturated heterocycles. The van der Waals surface area contributed by atoms with E-state index in [1.54, 1.807) is 6.20 Å². The first kappa shape index (κ1) is 13.1. The molecule has 1 unspecified atom stereocenters. The maximum atomic E-state index is 11.8. The fraction of sp³-hybridized carbons (Fsp3) is 0.538. The van der Waals surface area contributed by atoms with Gasteiger partial charge in [-0.05, 0) is 12.5 Å². The lowest BCUT2D eigenvalue weighted by atomic mass is 10.3. The molecule has 98 valence electrons. The summed E-state index contributed by atoms with van der Waals surface area (Å²) in [6.45, 7) is 1.41. The van der Waals surface area contributed by atoms with Crippen molar-refractivity contribution in [1.82, 2.24) is 9.88 Å². The summed E-state index contributed by atoms with van der Waals surface area (Å²) >= 11 is 5.58. The van der Waals surface area contributed by atoms with Crippen molar-refractivity contribution in [1.29, 1.82) is 0 Å². The average Bonchev–Trinajstić information content (AvgIpc) is 2.86. The van der Waals surface area contributed by atoms with E-state index in [2.05, 4.69) is 4.98 Å². The topological polar surface area (TPSA) is 42.4 Å². The lowest BCUT2D eigenvalue weighted by Crippen LogP contribution is -2.30. The van der Waals surface area contributed by atoms with E-state index in [-0.39, 0.29) is 12.0 Å². The second kappa shape index (κ2) is 6.59. The number of pyridine rings is 1. The molecule has 1 fully saturated rings. The van der Waals surface area contributed by atoms with Crippen LogP contribution in [0.3, 0.4) is 0 Å². The first-order chi connectivity index (χ1) is 8.79. The van der Waals surface area contributed by atoms with Crippen LogP contribution in [0, 0.1) is 0 Å². The van der Waals surface area contributed by atoms with Crippen LogP contribution in [0.5, 0.6) is 5.88 Å². The number of hydrogen-bond donors (Lipinski definition) is 0. The van der Waals surface area contributed by atoms with Gasteiger partial charge in [0, 0.05) is 37.5 Å². The van der Waals surface area contributed by atoms with Gasteiger partial charge < -0.3 is 9.64 Å². The van der Waals surface area contributed by atoms with E-state index in [1.807, 2.05) is 23.1 Å². The summed E-state index contributed by atoms with van der Waals surface area (Å²) in [5.41, 5.74) is 0. The summed E-state index contributed by atoms with van der Waals surface area (Å²) < 4.78 is 5.73. The van der Waals surface area contributed by atoms with Gasteiger partial charge in [-0.1, -0.05) is 6.07 Å². The van der Waals surface area contributed by atoms with Gasteiger partial charge in [-0.2, -0.15) is 0 Å².